The number of H-pyrrole nitrogens is 1. The zero-order valence-electron chi connectivity index (χ0n) is 10.4. The van der Waals surface area contributed by atoms with Crippen molar-refractivity contribution >= 4 is 11.0 Å². The summed E-state index contributed by atoms with van der Waals surface area (Å²) >= 11 is 0. The molecule has 100 valence electrons. The smallest absolute Gasteiger partial charge is 0.112 e. The van der Waals surface area contributed by atoms with E-state index in [2.05, 4.69) is 15.4 Å². The summed E-state index contributed by atoms with van der Waals surface area (Å²) < 4.78 is 0. The fraction of sp³-hybridized carbons (Fsp3) is 0.500. The van der Waals surface area contributed by atoms with Crippen molar-refractivity contribution in [3.8, 4) is 0 Å². The molecule has 0 spiro atoms. The van der Waals surface area contributed by atoms with Crippen LogP contribution in [0.3, 0.4) is 0 Å². The van der Waals surface area contributed by atoms with Gasteiger partial charge in [0.2, 0.25) is 0 Å². The standard InChI is InChI=1S/C6H5N3.C6H14O3/c1-2-4-6-5(3-1)7-9-8-6;1-2-6(3-7,4-8)5-9/h1-4H,(H,7,8,9);7-9H,2-5H2,1H3. The third-order valence-corrected chi connectivity index (χ3v) is 2.98. The summed E-state index contributed by atoms with van der Waals surface area (Å²) in [7, 11) is 0. The highest BCUT2D eigenvalue weighted by Crippen LogP contribution is 2.18. The molecule has 0 aliphatic rings. The summed E-state index contributed by atoms with van der Waals surface area (Å²) in [6.07, 6.45) is 0.594. The molecule has 1 heterocycles. The van der Waals surface area contributed by atoms with Crippen LogP contribution >= 0.6 is 0 Å². The van der Waals surface area contributed by atoms with Crippen molar-refractivity contribution in [3.05, 3.63) is 24.3 Å². The molecule has 0 radical (unpaired) electrons. The molecule has 0 bridgehead atoms. The van der Waals surface area contributed by atoms with Gasteiger partial charge in [-0.2, -0.15) is 15.4 Å². The molecule has 0 saturated carbocycles. The van der Waals surface area contributed by atoms with Crippen molar-refractivity contribution in [1.82, 2.24) is 15.4 Å². The van der Waals surface area contributed by atoms with Crippen LogP contribution in [0.4, 0.5) is 0 Å². The van der Waals surface area contributed by atoms with Crippen molar-refractivity contribution < 1.29 is 15.3 Å². The molecule has 0 aliphatic carbocycles. The van der Waals surface area contributed by atoms with Crippen LogP contribution in [0.15, 0.2) is 24.3 Å². The number of aliphatic hydroxyl groups is 3. The van der Waals surface area contributed by atoms with Gasteiger partial charge in [-0.25, -0.2) is 0 Å². The maximum Gasteiger partial charge on any atom is 0.112 e. The lowest BCUT2D eigenvalue weighted by Crippen LogP contribution is -2.32. The highest BCUT2D eigenvalue weighted by molar-refractivity contribution is 5.72. The van der Waals surface area contributed by atoms with Gasteiger partial charge in [-0.3, -0.25) is 0 Å². The van der Waals surface area contributed by atoms with Gasteiger partial charge in [0.05, 0.1) is 19.8 Å². The van der Waals surface area contributed by atoms with E-state index in [1.807, 2.05) is 31.2 Å². The minimum absolute atomic E-state index is 0.156. The first-order valence-electron chi connectivity index (χ1n) is 5.79. The lowest BCUT2D eigenvalue weighted by Gasteiger charge is -2.24. The van der Waals surface area contributed by atoms with Gasteiger partial charge in [-0.1, -0.05) is 19.1 Å². The van der Waals surface area contributed by atoms with Crippen LogP contribution in [0.2, 0.25) is 0 Å². The van der Waals surface area contributed by atoms with Gasteiger partial charge >= 0.3 is 0 Å². The van der Waals surface area contributed by atoms with Crippen molar-refractivity contribution in [2.75, 3.05) is 19.8 Å². The maximum absolute atomic E-state index is 8.66. The summed E-state index contributed by atoms with van der Waals surface area (Å²) in [5, 5.41) is 36.3. The summed E-state index contributed by atoms with van der Waals surface area (Å²) in [6, 6.07) is 7.70. The fourth-order valence-electron chi connectivity index (χ4n) is 1.27. The van der Waals surface area contributed by atoms with Crippen LogP contribution in [-0.2, 0) is 0 Å². The molecule has 0 saturated heterocycles. The number of aromatic nitrogens is 3. The van der Waals surface area contributed by atoms with E-state index in [-0.39, 0.29) is 19.8 Å². The van der Waals surface area contributed by atoms with Gasteiger partial charge in [0.15, 0.2) is 0 Å². The lowest BCUT2D eigenvalue weighted by molar-refractivity contribution is 0.00304. The second kappa shape index (κ2) is 7.05. The second-order valence-corrected chi connectivity index (χ2v) is 4.14. The van der Waals surface area contributed by atoms with E-state index in [1.54, 1.807) is 0 Å². The quantitative estimate of drug-likeness (QED) is 0.628. The number of aliphatic hydroxyl groups excluding tert-OH is 3. The number of nitrogens with one attached hydrogen (secondary N) is 1. The van der Waals surface area contributed by atoms with E-state index < -0.39 is 5.41 Å². The number of aromatic amines is 1. The Morgan fingerprint density at radius 2 is 1.44 bits per heavy atom. The third kappa shape index (κ3) is 3.49. The van der Waals surface area contributed by atoms with Crippen LogP contribution in [-0.4, -0.2) is 50.6 Å². The van der Waals surface area contributed by atoms with Gasteiger partial charge < -0.3 is 15.3 Å². The van der Waals surface area contributed by atoms with Crippen LogP contribution in [0.1, 0.15) is 13.3 Å². The zero-order chi connectivity index (χ0) is 13.4. The molecular weight excluding hydrogens is 234 g/mol. The summed E-state index contributed by atoms with van der Waals surface area (Å²) in [5.41, 5.74) is 1.16. The van der Waals surface area contributed by atoms with Gasteiger partial charge in [0.1, 0.15) is 11.0 Å². The molecule has 0 amide bonds. The molecule has 4 N–H and O–H groups in total. The number of rotatable bonds is 4. The van der Waals surface area contributed by atoms with E-state index in [0.717, 1.165) is 11.0 Å². The summed E-state index contributed by atoms with van der Waals surface area (Å²) in [4.78, 5) is 0. The SMILES string of the molecule is CCC(CO)(CO)CO.c1ccc2n[nH]nc2c1. The van der Waals surface area contributed by atoms with Crippen molar-refractivity contribution in [2.45, 2.75) is 13.3 Å². The predicted octanol–water partition coefficient (Wildman–Crippen LogP) is 0.318. The van der Waals surface area contributed by atoms with E-state index in [4.69, 9.17) is 15.3 Å². The molecule has 2 aromatic rings. The molecule has 6 heteroatoms. The molecule has 0 fully saturated rings. The van der Waals surface area contributed by atoms with E-state index in [9.17, 15) is 0 Å². The van der Waals surface area contributed by atoms with Crippen LogP contribution in [0.25, 0.3) is 11.0 Å². The topological polar surface area (TPSA) is 102 Å². The minimum atomic E-state index is -0.667. The Morgan fingerprint density at radius 1 is 1.00 bits per heavy atom. The third-order valence-electron chi connectivity index (χ3n) is 2.98. The molecule has 6 nitrogen and oxygen atoms in total. The number of hydrogen-bond donors (Lipinski definition) is 4. The van der Waals surface area contributed by atoms with Crippen molar-refractivity contribution in [1.29, 1.82) is 0 Å². The van der Waals surface area contributed by atoms with Crippen LogP contribution in [0.5, 0.6) is 0 Å². The Hall–Kier alpha value is -1.50. The monoisotopic (exact) mass is 253 g/mol. The molecule has 0 atom stereocenters. The highest BCUT2D eigenvalue weighted by Gasteiger charge is 2.24. The number of hydrogen-bond acceptors (Lipinski definition) is 5. The summed E-state index contributed by atoms with van der Waals surface area (Å²) in [6.45, 7) is 1.35. The fourth-order valence-corrected chi connectivity index (χ4v) is 1.27. The number of nitrogens with zero attached hydrogens (tertiary/aromatic N) is 2. The highest BCUT2D eigenvalue weighted by atomic mass is 16.3. The molecule has 0 aliphatic heterocycles. The van der Waals surface area contributed by atoms with E-state index in [1.165, 1.54) is 0 Å². The molecule has 0 unspecified atom stereocenters. The van der Waals surface area contributed by atoms with Gasteiger partial charge in [-0.05, 0) is 18.6 Å². The van der Waals surface area contributed by atoms with Gasteiger partial charge in [0.25, 0.3) is 0 Å². The lowest BCUT2D eigenvalue weighted by atomic mass is 9.88. The molecule has 2 rings (SSSR count). The maximum atomic E-state index is 8.66. The number of para-hydroxylation sites is 2. The first-order valence-corrected chi connectivity index (χ1v) is 5.79. The van der Waals surface area contributed by atoms with E-state index >= 15 is 0 Å². The van der Waals surface area contributed by atoms with E-state index in [0.29, 0.717) is 6.42 Å². The predicted molar refractivity (Wildman–Crippen MR) is 67.9 cm³/mol. The number of fused-ring (bicyclic) bond motifs is 1. The Labute approximate surface area is 105 Å². The van der Waals surface area contributed by atoms with Crippen molar-refractivity contribution in [2.24, 2.45) is 5.41 Å². The largest absolute Gasteiger partial charge is 0.396 e. The van der Waals surface area contributed by atoms with Crippen LogP contribution in [0, 0.1) is 5.41 Å². The average Bonchev–Trinajstić information content (AvgIpc) is 2.91. The second-order valence-electron chi connectivity index (χ2n) is 4.14. The van der Waals surface area contributed by atoms with Crippen molar-refractivity contribution in [3.63, 3.8) is 0 Å². The Morgan fingerprint density at radius 3 is 1.72 bits per heavy atom. The summed E-state index contributed by atoms with van der Waals surface area (Å²) in [5.74, 6) is 0. The normalized spacial score (nSPS) is 11.1. The van der Waals surface area contributed by atoms with Gasteiger partial charge in [0, 0.05) is 5.41 Å². The average molecular weight is 253 g/mol. The Kier molecular flexibility index (Phi) is 5.70. The Balaban J connectivity index is 0.000000180. The number of benzene rings is 1. The van der Waals surface area contributed by atoms with Gasteiger partial charge in [-0.15, -0.1) is 0 Å². The molecule has 1 aromatic carbocycles. The Bertz CT molecular complexity index is 407. The molecule has 1 aromatic heterocycles. The minimum Gasteiger partial charge on any atom is -0.396 e. The first kappa shape index (κ1) is 14.6. The molecular formula is C12H19N3O3. The van der Waals surface area contributed by atoms with Crippen LogP contribution < -0.4 is 0 Å². The first-order chi connectivity index (χ1) is 8.71. The molecule has 18 heavy (non-hydrogen) atoms. The zero-order valence-corrected chi connectivity index (χ0v) is 10.4.